The number of thiazole rings is 1. The van der Waals surface area contributed by atoms with Gasteiger partial charge in [-0.1, -0.05) is 23.7 Å². The van der Waals surface area contributed by atoms with Crippen LogP contribution in [-0.4, -0.2) is 29.5 Å². The number of carbonyl (C=O) groups excluding carboxylic acids is 1. The molecule has 0 fully saturated rings. The maximum Gasteiger partial charge on any atom is 0.230 e. The molecule has 2 aromatic carbocycles. The number of benzene rings is 2. The van der Waals surface area contributed by atoms with E-state index in [4.69, 9.17) is 21.1 Å². The van der Waals surface area contributed by atoms with Crippen LogP contribution in [0.15, 0.2) is 54.0 Å². The molecule has 4 rings (SSSR count). The lowest BCUT2D eigenvalue weighted by Gasteiger charge is -2.10. The lowest BCUT2D eigenvalue weighted by Crippen LogP contribution is -2.15. The molecule has 4 aromatic rings. The van der Waals surface area contributed by atoms with Gasteiger partial charge in [0.05, 0.1) is 26.3 Å². The molecule has 148 valence electrons. The molecule has 29 heavy (non-hydrogen) atoms. The minimum atomic E-state index is -0.126. The smallest absolute Gasteiger partial charge is 0.230 e. The van der Waals surface area contributed by atoms with E-state index in [1.807, 2.05) is 40.2 Å². The van der Waals surface area contributed by atoms with Gasteiger partial charge in [-0.2, -0.15) is 0 Å². The number of halogens is 1. The third kappa shape index (κ3) is 4.06. The predicted molar refractivity (Wildman–Crippen MR) is 115 cm³/mol. The van der Waals surface area contributed by atoms with Crippen LogP contribution in [0.1, 0.15) is 5.69 Å². The molecule has 1 N–H and O–H groups in total. The van der Waals surface area contributed by atoms with Gasteiger partial charge in [0.15, 0.2) is 16.5 Å². The largest absolute Gasteiger partial charge is 0.493 e. The zero-order valence-corrected chi connectivity index (χ0v) is 17.4. The number of nitrogens with one attached hydrogen (secondary N) is 1. The summed E-state index contributed by atoms with van der Waals surface area (Å²) in [7, 11) is 3.13. The second kappa shape index (κ2) is 8.14. The summed E-state index contributed by atoms with van der Waals surface area (Å²) < 4.78 is 12.4. The molecule has 0 unspecified atom stereocenters. The molecule has 0 spiro atoms. The van der Waals surface area contributed by atoms with Gasteiger partial charge in [-0.3, -0.25) is 9.20 Å². The Kier molecular flexibility index (Phi) is 5.42. The molecule has 1 amide bonds. The maximum absolute atomic E-state index is 12.6. The summed E-state index contributed by atoms with van der Waals surface area (Å²) >= 11 is 7.46. The number of methoxy groups -OCH3 is 2. The molecule has 6 nitrogen and oxygen atoms in total. The van der Waals surface area contributed by atoms with Crippen molar-refractivity contribution in [1.82, 2.24) is 9.38 Å². The monoisotopic (exact) mass is 427 g/mol. The Morgan fingerprint density at radius 3 is 2.62 bits per heavy atom. The maximum atomic E-state index is 12.6. The van der Waals surface area contributed by atoms with Crippen molar-refractivity contribution in [3.05, 3.63) is 64.8 Å². The SMILES string of the molecule is COc1ccc(NC(=O)Cc2csc3nc(-c4ccc(Cl)cc4)cn23)cc1OC. The minimum absolute atomic E-state index is 0.126. The Morgan fingerprint density at radius 2 is 1.90 bits per heavy atom. The molecule has 0 atom stereocenters. The summed E-state index contributed by atoms with van der Waals surface area (Å²) in [6, 6.07) is 12.8. The molecule has 8 heteroatoms. The van der Waals surface area contributed by atoms with Crippen molar-refractivity contribution in [3.63, 3.8) is 0 Å². The highest BCUT2D eigenvalue weighted by atomic mass is 35.5. The summed E-state index contributed by atoms with van der Waals surface area (Å²) in [5.74, 6) is 1.04. The van der Waals surface area contributed by atoms with E-state index in [1.165, 1.54) is 11.3 Å². The number of ether oxygens (including phenoxy) is 2. The van der Waals surface area contributed by atoms with Crippen LogP contribution in [0.2, 0.25) is 5.02 Å². The molecule has 0 saturated carbocycles. The number of hydrogen-bond donors (Lipinski definition) is 1. The standard InChI is InChI=1S/C21H18ClN3O3S/c1-27-18-8-7-15(9-19(18)28-2)23-20(26)10-16-12-29-21-24-17(11-25(16)21)13-3-5-14(22)6-4-13/h3-9,11-12H,10H2,1-2H3,(H,23,26). The van der Waals surface area contributed by atoms with Crippen molar-refractivity contribution < 1.29 is 14.3 Å². The van der Waals surface area contributed by atoms with Gasteiger partial charge in [0.25, 0.3) is 0 Å². The Morgan fingerprint density at radius 1 is 1.14 bits per heavy atom. The van der Waals surface area contributed by atoms with Crippen LogP contribution >= 0.6 is 22.9 Å². The first kappa shape index (κ1) is 19.3. The average Bonchev–Trinajstić information content (AvgIpc) is 3.30. The van der Waals surface area contributed by atoms with E-state index < -0.39 is 0 Å². The van der Waals surface area contributed by atoms with E-state index in [2.05, 4.69) is 10.3 Å². The summed E-state index contributed by atoms with van der Waals surface area (Å²) in [4.78, 5) is 18.0. The van der Waals surface area contributed by atoms with E-state index in [0.29, 0.717) is 22.2 Å². The molecular weight excluding hydrogens is 410 g/mol. The first-order valence-electron chi connectivity index (χ1n) is 8.80. The van der Waals surface area contributed by atoms with Crippen LogP contribution in [0.4, 0.5) is 5.69 Å². The van der Waals surface area contributed by atoms with Crippen molar-refractivity contribution in [1.29, 1.82) is 0 Å². The van der Waals surface area contributed by atoms with Gasteiger partial charge in [-0.15, -0.1) is 11.3 Å². The molecule has 0 saturated heterocycles. The Balaban J connectivity index is 1.52. The number of imidazole rings is 1. The van der Waals surface area contributed by atoms with Crippen LogP contribution in [0.3, 0.4) is 0 Å². The first-order valence-corrected chi connectivity index (χ1v) is 10.1. The number of fused-ring (bicyclic) bond motifs is 1. The van der Waals surface area contributed by atoms with Crippen LogP contribution < -0.4 is 14.8 Å². The van der Waals surface area contributed by atoms with Crippen molar-refractivity contribution in [2.24, 2.45) is 0 Å². The Bertz CT molecular complexity index is 1170. The predicted octanol–water partition coefficient (Wildman–Crippen LogP) is 4.91. The molecule has 0 radical (unpaired) electrons. The zero-order valence-electron chi connectivity index (χ0n) is 15.8. The number of anilines is 1. The normalized spacial score (nSPS) is 10.9. The highest BCUT2D eigenvalue weighted by Crippen LogP contribution is 2.30. The van der Waals surface area contributed by atoms with Gasteiger partial charge < -0.3 is 14.8 Å². The van der Waals surface area contributed by atoms with E-state index in [9.17, 15) is 4.79 Å². The number of amides is 1. The van der Waals surface area contributed by atoms with Gasteiger partial charge in [0.2, 0.25) is 5.91 Å². The number of carbonyl (C=O) groups is 1. The summed E-state index contributed by atoms with van der Waals surface area (Å²) in [5.41, 5.74) is 3.34. The van der Waals surface area contributed by atoms with Crippen LogP contribution in [-0.2, 0) is 11.2 Å². The van der Waals surface area contributed by atoms with E-state index in [1.54, 1.807) is 32.4 Å². The van der Waals surface area contributed by atoms with Gasteiger partial charge in [-0.25, -0.2) is 4.98 Å². The highest BCUT2D eigenvalue weighted by molar-refractivity contribution is 7.15. The van der Waals surface area contributed by atoms with Crippen LogP contribution in [0, 0.1) is 0 Å². The lowest BCUT2D eigenvalue weighted by atomic mass is 10.2. The quantitative estimate of drug-likeness (QED) is 0.474. The first-order chi connectivity index (χ1) is 14.1. The number of rotatable bonds is 6. The van der Waals surface area contributed by atoms with Gasteiger partial charge in [-0.05, 0) is 24.3 Å². The second-order valence-electron chi connectivity index (χ2n) is 6.31. The molecule has 0 bridgehead atoms. The fourth-order valence-corrected chi connectivity index (χ4v) is 4.00. The van der Waals surface area contributed by atoms with E-state index in [-0.39, 0.29) is 12.3 Å². The number of nitrogens with zero attached hydrogens (tertiary/aromatic N) is 2. The van der Waals surface area contributed by atoms with E-state index >= 15 is 0 Å². The van der Waals surface area contributed by atoms with Gasteiger partial charge >= 0.3 is 0 Å². The summed E-state index contributed by atoms with van der Waals surface area (Å²) in [6.07, 6.45) is 2.17. The van der Waals surface area contributed by atoms with Crippen molar-refractivity contribution >= 4 is 39.5 Å². The average molecular weight is 428 g/mol. The fraction of sp³-hybridized carbons (Fsp3) is 0.143. The van der Waals surface area contributed by atoms with Crippen molar-refractivity contribution in [3.8, 4) is 22.8 Å². The minimum Gasteiger partial charge on any atom is -0.493 e. The number of hydrogen-bond acceptors (Lipinski definition) is 5. The molecule has 0 aliphatic heterocycles. The molecule has 0 aliphatic carbocycles. The lowest BCUT2D eigenvalue weighted by molar-refractivity contribution is -0.115. The fourth-order valence-electron chi connectivity index (χ4n) is 3.00. The topological polar surface area (TPSA) is 64.9 Å². The van der Waals surface area contributed by atoms with Crippen molar-refractivity contribution in [2.45, 2.75) is 6.42 Å². The third-order valence-corrected chi connectivity index (χ3v) is 5.57. The highest BCUT2D eigenvalue weighted by Gasteiger charge is 2.14. The number of aromatic nitrogens is 2. The second-order valence-corrected chi connectivity index (χ2v) is 7.58. The molecular formula is C21H18ClN3O3S. The van der Waals surface area contributed by atoms with Crippen LogP contribution in [0.5, 0.6) is 11.5 Å². The summed E-state index contributed by atoms with van der Waals surface area (Å²) in [6.45, 7) is 0. The van der Waals surface area contributed by atoms with E-state index in [0.717, 1.165) is 21.9 Å². The third-order valence-electron chi connectivity index (χ3n) is 4.43. The molecule has 0 aliphatic rings. The zero-order chi connectivity index (χ0) is 20.4. The van der Waals surface area contributed by atoms with Gasteiger partial charge in [0.1, 0.15) is 0 Å². The molecule has 2 heterocycles. The Hall–Kier alpha value is -3.03. The summed E-state index contributed by atoms with van der Waals surface area (Å²) in [5, 5.41) is 5.53. The van der Waals surface area contributed by atoms with Crippen molar-refractivity contribution in [2.75, 3.05) is 19.5 Å². The van der Waals surface area contributed by atoms with Gasteiger partial charge in [0, 0.05) is 39.6 Å². The van der Waals surface area contributed by atoms with Crippen LogP contribution in [0.25, 0.3) is 16.2 Å². The Labute approximate surface area is 176 Å². The molecule has 2 aromatic heterocycles.